The van der Waals surface area contributed by atoms with Gasteiger partial charge in [-0.15, -0.1) is 0 Å². The van der Waals surface area contributed by atoms with Gasteiger partial charge in [0.25, 0.3) is 0 Å². The average molecular weight is 258 g/mol. The standard InChI is InChI=1S/C17H26N2/c1-2-4-13-6-9-15(10-7-13)19-16-11-8-14-5-3-12-18-17(14)16/h3,5,12-13,15-16,19H,2,4,6-11H2,1H3. The van der Waals surface area contributed by atoms with Gasteiger partial charge in [0.05, 0.1) is 11.7 Å². The normalized spacial score (nSPS) is 30.3. The molecule has 1 unspecified atom stereocenters. The summed E-state index contributed by atoms with van der Waals surface area (Å²) < 4.78 is 0. The molecule has 0 radical (unpaired) electrons. The predicted octanol–water partition coefficient (Wildman–Crippen LogP) is 4.02. The summed E-state index contributed by atoms with van der Waals surface area (Å²) in [5.41, 5.74) is 2.78. The lowest BCUT2D eigenvalue weighted by Crippen LogP contribution is -2.35. The molecule has 2 aliphatic carbocycles. The molecule has 19 heavy (non-hydrogen) atoms. The van der Waals surface area contributed by atoms with Crippen molar-refractivity contribution in [2.45, 2.75) is 70.4 Å². The van der Waals surface area contributed by atoms with Gasteiger partial charge < -0.3 is 5.32 Å². The van der Waals surface area contributed by atoms with E-state index < -0.39 is 0 Å². The summed E-state index contributed by atoms with van der Waals surface area (Å²) in [4.78, 5) is 4.59. The molecule has 0 aromatic carbocycles. The third kappa shape index (κ3) is 3.00. The number of aryl methyl sites for hydroxylation is 1. The van der Waals surface area contributed by atoms with E-state index in [4.69, 9.17) is 0 Å². The zero-order chi connectivity index (χ0) is 13.1. The summed E-state index contributed by atoms with van der Waals surface area (Å²) >= 11 is 0. The summed E-state index contributed by atoms with van der Waals surface area (Å²) in [6, 6.07) is 5.55. The minimum atomic E-state index is 0.518. The number of pyridine rings is 1. The minimum absolute atomic E-state index is 0.518. The first-order valence-electron chi connectivity index (χ1n) is 8.06. The third-order valence-corrected chi connectivity index (χ3v) is 4.94. The van der Waals surface area contributed by atoms with Crippen molar-refractivity contribution in [2.75, 3.05) is 0 Å². The first-order valence-corrected chi connectivity index (χ1v) is 8.06. The van der Waals surface area contributed by atoms with Gasteiger partial charge >= 0.3 is 0 Å². The molecule has 1 N–H and O–H groups in total. The van der Waals surface area contributed by atoms with Crippen LogP contribution in [0.5, 0.6) is 0 Å². The van der Waals surface area contributed by atoms with Crippen LogP contribution in [0.3, 0.4) is 0 Å². The van der Waals surface area contributed by atoms with Gasteiger partial charge in [-0.2, -0.15) is 0 Å². The van der Waals surface area contributed by atoms with Crippen LogP contribution in [0.1, 0.15) is 69.2 Å². The van der Waals surface area contributed by atoms with E-state index in [1.54, 1.807) is 0 Å². The molecule has 1 saturated carbocycles. The van der Waals surface area contributed by atoms with Crippen LogP contribution in [0.2, 0.25) is 0 Å². The lowest BCUT2D eigenvalue weighted by atomic mass is 9.83. The molecule has 2 heteroatoms. The van der Waals surface area contributed by atoms with Crippen molar-refractivity contribution >= 4 is 0 Å². The zero-order valence-electron chi connectivity index (χ0n) is 12.1. The summed E-state index contributed by atoms with van der Waals surface area (Å²) in [7, 11) is 0. The fraction of sp³-hybridized carbons (Fsp3) is 0.706. The molecule has 3 rings (SSSR count). The lowest BCUT2D eigenvalue weighted by Gasteiger charge is -2.31. The maximum atomic E-state index is 4.59. The van der Waals surface area contributed by atoms with E-state index in [0.29, 0.717) is 6.04 Å². The molecule has 1 atom stereocenters. The fourth-order valence-corrected chi connectivity index (χ4v) is 3.89. The smallest absolute Gasteiger partial charge is 0.0605 e. The number of hydrogen-bond donors (Lipinski definition) is 1. The summed E-state index contributed by atoms with van der Waals surface area (Å²) in [5, 5.41) is 3.87. The van der Waals surface area contributed by atoms with Crippen LogP contribution in [-0.2, 0) is 6.42 Å². The SMILES string of the molecule is CCCC1CCC(NC2CCc3cccnc32)CC1. The topological polar surface area (TPSA) is 24.9 Å². The zero-order valence-corrected chi connectivity index (χ0v) is 12.1. The Morgan fingerprint density at radius 2 is 2.05 bits per heavy atom. The van der Waals surface area contributed by atoms with Gasteiger partial charge in [-0.25, -0.2) is 0 Å². The summed E-state index contributed by atoms with van der Waals surface area (Å²) in [6.45, 7) is 2.31. The monoisotopic (exact) mass is 258 g/mol. The molecule has 0 amide bonds. The first kappa shape index (κ1) is 13.1. The summed E-state index contributed by atoms with van der Waals surface area (Å²) in [5.74, 6) is 0.997. The molecular formula is C17H26N2. The minimum Gasteiger partial charge on any atom is -0.306 e. The molecule has 104 valence electrons. The highest BCUT2D eigenvalue weighted by molar-refractivity contribution is 5.28. The van der Waals surface area contributed by atoms with E-state index in [9.17, 15) is 0 Å². The van der Waals surface area contributed by atoms with Crippen molar-refractivity contribution in [3.05, 3.63) is 29.6 Å². The number of aromatic nitrogens is 1. The van der Waals surface area contributed by atoms with Gasteiger partial charge in [0.1, 0.15) is 0 Å². The molecular weight excluding hydrogens is 232 g/mol. The maximum absolute atomic E-state index is 4.59. The van der Waals surface area contributed by atoms with Crippen LogP contribution in [0.15, 0.2) is 18.3 Å². The number of nitrogens with zero attached hydrogens (tertiary/aromatic N) is 1. The quantitative estimate of drug-likeness (QED) is 0.882. The highest BCUT2D eigenvalue weighted by Gasteiger charge is 2.27. The fourth-order valence-electron chi connectivity index (χ4n) is 3.89. The van der Waals surface area contributed by atoms with Crippen LogP contribution < -0.4 is 5.32 Å². The molecule has 0 saturated heterocycles. The van der Waals surface area contributed by atoms with Gasteiger partial charge in [-0.3, -0.25) is 4.98 Å². The number of fused-ring (bicyclic) bond motifs is 1. The van der Waals surface area contributed by atoms with Crippen LogP contribution in [0, 0.1) is 5.92 Å². The van der Waals surface area contributed by atoms with Crippen molar-refractivity contribution < 1.29 is 0 Å². The second-order valence-electron chi connectivity index (χ2n) is 6.31. The van der Waals surface area contributed by atoms with Crippen molar-refractivity contribution in [3.8, 4) is 0 Å². The highest BCUT2D eigenvalue weighted by atomic mass is 15.0. The van der Waals surface area contributed by atoms with Crippen LogP contribution >= 0.6 is 0 Å². The Kier molecular flexibility index (Phi) is 4.17. The van der Waals surface area contributed by atoms with Crippen molar-refractivity contribution in [3.63, 3.8) is 0 Å². The average Bonchev–Trinajstić information content (AvgIpc) is 2.85. The van der Waals surface area contributed by atoms with Crippen LogP contribution in [0.4, 0.5) is 0 Å². The summed E-state index contributed by atoms with van der Waals surface area (Å²) in [6.07, 6.45) is 12.7. The van der Waals surface area contributed by atoms with Gasteiger partial charge in [-0.05, 0) is 56.1 Å². The first-order chi connectivity index (χ1) is 9.36. The largest absolute Gasteiger partial charge is 0.306 e. The number of rotatable bonds is 4. The van der Waals surface area contributed by atoms with E-state index in [1.807, 2.05) is 6.20 Å². The Hall–Kier alpha value is -0.890. The van der Waals surface area contributed by atoms with E-state index in [2.05, 4.69) is 29.4 Å². The maximum Gasteiger partial charge on any atom is 0.0605 e. The molecule has 2 aliphatic rings. The number of nitrogens with one attached hydrogen (secondary N) is 1. The third-order valence-electron chi connectivity index (χ3n) is 4.94. The predicted molar refractivity (Wildman–Crippen MR) is 79.1 cm³/mol. The van der Waals surface area contributed by atoms with Gasteiger partial charge in [-0.1, -0.05) is 25.8 Å². The Morgan fingerprint density at radius 3 is 2.84 bits per heavy atom. The Morgan fingerprint density at radius 1 is 1.21 bits per heavy atom. The van der Waals surface area contributed by atoms with Crippen LogP contribution in [-0.4, -0.2) is 11.0 Å². The molecule has 1 aromatic rings. The van der Waals surface area contributed by atoms with Gasteiger partial charge in [0.15, 0.2) is 0 Å². The van der Waals surface area contributed by atoms with Crippen molar-refractivity contribution in [1.82, 2.24) is 10.3 Å². The Balaban J connectivity index is 1.54. The highest BCUT2D eigenvalue weighted by Crippen LogP contribution is 2.33. The molecule has 2 nitrogen and oxygen atoms in total. The van der Waals surface area contributed by atoms with Crippen LogP contribution in [0.25, 0.3) is 0 Å². The van der Waals surface area contributed by atoms with E-state index in [1.165, 1.54) is 62.6 Å². The molecule has 1 heterocycles. The van der Waals surface area contributed by atoms with E-state index in [0.717, 1.165) is 12.0 Å². The van der Waals surface area contributed by atoms with E-state index in [-0.39, 0.29) is 0 Å². The van der Waals surface area contributed by atoms with E-state index >= 15 is 0 Å². The van der Waals surface area contributed by atoms with Crippen molar-refractivity contribution in [1.29, 1.82) is 0 Å². The Bertz CT molecular complexity index is 407. The van der Waals surface area contributed by atoms with Gasteiger partial charge in [0, 0.05) is 12.2 Å². The van der Waals surface area contributed by atoms with Crippen molar-refractivity contribution in [2.24, 2.45) is 5.92 Å². The molecule has 0 spiro atoms. The molecule has 1 aromatic heterocycles. The molecule has 0 bridgehead atoms. The second kappa shape index (κ2) is 6.04. The molecule has 0 aliphatic heterocycles. The van der Waals surface area contributed by atoms with Gasteiger partial charge in [0.2, 0.25) is 0 Å². The lowest BCUT2D eigenvalue weighted by molar-refractivity contribution is 0.262. The Labute approximate surface area is 117 Å². The second-order valence-corrected chi connectivity index (χ2v) is 6.31. The number of hydrogen-bond acceptors (Lipinski definition) is 2. The molecule has 1 fully saturated rings.